The molecule has 2 aromatic carbocycles. The van der Waals surface area contributed by atoms with Crippen LogP contribution in [0.4, 0.5) is 5.13 Å². The molecule has 5 nitrogen and oxygen atoms in total. The smallest absolute Gasteiger partial charge is 0.268 e. The van der Waals surface area contributed by atoms with Crippen LogP contribution in [-0.2, 0) is 24.3 Å². The predicted molar refractivity (Wildman–Crippen MR) is 124 cm³/mol. The second kappa shape index (κ2) is 9.63. The van der Waals surface area contributed by atoms with Crippen molar-refractivity contribution >= 4 is 51.7 Å². The highest BCUT2D eigenvalue weighted by molar-refractivity contribution is 7.15. The quantitative estimate of drug-likeness (QED) is 0.435. The fraction of sp³-hybridized carbons (Fsp3) is 0.174. The molecule has 1 atom stereocenters. The Morgan fingerprint density at radius 1 is 1.26 bits per heavy atom. The molecule has 1 unspecified atom stereocenters. The van der Waals surface area contributed by atoms with Gasteiger partial charge in [0.15, 0.2) is 5.13 Å². The van der Waals surface area contributed by atoms with Gasteiger partial charge in [-0.25, -0.2) is 4.98 Å². The van der Waals surface area contributed by atoms with Gasteiger partial charge in [-0.3, -0.25) is 10.1 Å². The molecule has 1 amide bonds. The molecule has 31 heavy (non-hydrogen) atoms. The lowest BCUT2D eigenvalue weighted by atomic mass is 10.1. The first-order valence-corrected chi connectivity index (χ1v) is 11.3. The number of hydrogen-bond acceptors (Lipinski definition) is 4. The number of nitriles is 1. The van der Waals surface area contributed by atoms with E-state index in [2.05, 4.69) is 34.6 Å². The Kier molecular flexibility index (Phi) is 6.69. The highest BCUT2D eigenvalue weighted by Crippen LogP contribution is 2.26. The summed E-state index contributed by atoms with van der Waals surface area (Å²) >= 11 is 13.5. The van der Waals surface area contributed by atoms with Crippen molar-refractivity contribution in [2.24, 2.45) is 0 Å². The normalized spacial score (nSPS) is 15.8. The van der Waals surface area contributed by atoms with Gasteiger partial charge in [-0.15, -0.1) is 0 Å². The highest BCUT2D eigenvalue weighted by atomic mass is 35.5. The second-order valence-electron chi connectivity index (χ2n) is 7.27. The fourth-order valence-corrected chi connectivity index (χ4v) is 5.04. The van der Waals surface area contributed by atoms with Crippen LogP contribution in [-0.4, -0.2) is 17.4 Å². The number of aromatic nitrogens is 1. The summed E-state index contributed by atoms with van der Waals surface area (Å²) in [6.45, 7) is 2.83. The Hall–Kier alpha value is -2.69. The third kappa shape index (κ3) is 5.33. The maximum Gasteiger partial charge on any atom is 0.268 e. The molecule has 8 heteroatoms. The zero-order valence-corrected chi connectivity index (χ0v) is 18.8. The van der Waals surface area contributed by atoms with Crippen LogP contribution in [0.25, 0.3) is 6.08 Å². The van der Waals surface area contributed by atoms with Crippen LogP contribution in [0.1, 0.15) is 21.7 Å². The summed E-state index contributed by atoms with van der Waals surface area (Å²) < 4.78 is 0. The van der Waals surface area contributed by atoms with Crippen molar-refractivity contribution in [1.29, 1.82) is 5.26 Å². The van der Waals surface area contributed by atoms with E-state index in [0.29, 0.717) is 20.7 Å². The van der Waals surface area contributed by atoms with Gasteiger partial charge in [-0.05, 0) is 23.8 Å². The van der Waals surface area contributed by atoms with E-state index >= 15 is 0 Å². The van der Waals surface area contributed by atoms with Gasteiger partial charge in [-0.1, -0.05) is 70.9 Å². The minimum atomic E-state index is -0.506. The van der Waals surface area contributed by atoms with E-state index in [1.165, 1.54) is 32.8 Å². The van der Waals surface area contributed by atoms with E-state index in [1.54, 1.807) is 18.2 Å². The highest BCUT2D eigenvalue weighted by Gasteiger charge is 2.24. The Labute approximate surface area is 194 Å². The van der Waals surface area contributed by atoms with Gasteiger partial charge >= 0.3 is 0 Å². The minimum Gasteiger partial charge on any atom is -0.326 e. The molecular weight excluding hydrogens is 451 g/mol. The molecule has 1 aromatic heterocycles. The maximum absolute atomic E-state index is 12.6. The Balaban J connectivity index is 1.45. The number of benzene rings is 2. The SMILES string of the molecule is N#C/C(=C\c1ccc(Cl)cc1Cl)C(=O)Nc1nc2c(s1)C[NH+](Cc1ccccc1)CC2. The number of fused-ring (bicyclic) bond motifs is 1. The number of rotatable bonds is 5. The average Bonchev–Trinajstić information content (AvgIpc) is 3.15. The number of nitrogens with one attached hydrogen (secondary N) is 2. The van der Waals surface area contributed by atoms with Gasteiger partial charge in [0, 0.05) is 22.0 Å². The molecule has 0 aliphatic carbocycles. The van der Waals surface area contributed by atoms with Crippen LogP contribution in [0.15, 0.2) is 54.1 Å². The van der Waals surface area contributed by atoms with E-state index in [9.17, 15) is 10.1 Å². The Bertz CT molecular complexity index is 1180. The molecule has 1 aliphatic rings. The van der Waals surface area contributed by atoms with Crippen molar-refractivity contribution in [3.05, 3.63) is 85.8 Å². The molecule has 1 aliphatic heterocycles. The fourth-order valence-electron chi connectivity index (χ4n) is 3.50. The topological polar surface area (TPSA) is 70.2 Å². The number of hydrogen-bond donors (Lipinski definition) is 2. The summed E-state index contributed by atoms with van der Waals surface area (Å²) in [6.07, 6.45) is 2.32. The lowest BCUT2D eigenvalue weighted by Crippen LogP contribution is -3.10. The van der Waals surface area contributed by atoms with Crippen LogP contribution in [0.5, 0.6) is 0 Å². The number of quaternary nitrogens is 1. The first-order valence-electron chi connectivity index (χ1n) is 9.76. The Morgan fingerprint density at radius 3 is 2.81 bits per heavy atom. The third-order valence-electron chi connectivity index (χ3n) is 5.05. The molecule has 0 bridgehead atoms. The number of anilines is 1. The van der Waals surface area contributed by atoms with Crippen molar-refractivity contribution in [2.45, 2.75) is 19.5 Å². The summed E-state index contributed by atoms with van der Waals surface area (Å²) in [5.74, 6) is -0.506. The van der Waals surface area contributed by atoms with Gasteiger partial charge in [0.25, 0.3) is 5.91 Å². The summed E-state index contributed by atoms with van der Waals surface area (Å²) in [5.41, 5.74) is 2.84. The van der Waals surface area contributed by atoms with Crippen LogP contribution in [0.2, 0.25) is 10.0 Å². The van der Waals surface area contributed by atoms with Gasteiger partial charge in [0.05, 0.1) is 17.1 Å². The van der Waals surface area contributed by atoms with E-state index in [4.69, 9.17) is 23.2 Å². The van der Waals surface area contributed by atoms with Crippen molar-refractivity contribution in [3.8, 4) is 6.07 Å². The molecule has 0 spiro atoms. The van der Waals surface area contributed by atoms with Crippen molar-refractivity contribution in [3.63, 3.8) is 0 Å². The van der Waals surface area contributed by atoms with Crippen LogP contribution >= 0.6 is 34.5 Å². The standard InChI is InChI=1S/C23H18Cl2N4OS/c24-18-7-6-16(19(25)11-18)10-17(12-26)22(30)28-23-27-20-8-9-29(14-21(20)31-23)13-15-4-2-1-3-5-15/h1-7,10-11H,8-9,13-14H2,(H,27,28,30)/p+1/b17-10+. The number of amides is 1. The van der Waals surface area contributed by atoms with Gasteiger partial charge < -0.3 is 4.90 Å². The average molecular weight is 470 g/mol. The summed E-state index contributed by atoms with van der Waals surface area (Å²) in [4.78, 5) is 19.9. The molecule has 2 heterocycles. The molecule has 0 fully saturated rings. The molecule has 4 rings (SSSR count). The molecular formula is C23H19Cl2N4OS+. The lowest BCUT2D eigenvalue weighted by molar-refractivity contribution is -0.929. The number of carbonyl (C=O) groups excluding carboxylic acids is 1. The molecule has 2 N–H and O–H groups in total. The molecule has 156 valence electrons. The van der Waals surface area contributed by atoms with Crippen LogP contribution in [0.3, 0.4) is 0 Å². The largest absolute Gasteiger partial charge is 0.326 e. The number of thiazole rings is 1. The zero-order chi connectivity index (χ0) is 21.8. The molecule has 0 saturated carbocycles. The number of nitrogens with zero attached hydrogens (tertiary/aromatic N) is 2. The van der Waals surface area contributed by atoms with Crippen molar-refractivity contribution in [2.75, 3.05) is 11.9 Å². The van der Waals surface area contributed by atoms with E-state index in [0.717, 1.165) is 31.7 Å². The van der Waals surface area contributed by atoms with Gasteiger partial charge in [0.2, 0.25) is 0 Å². The zero-order valence-electron chi connectivity index (χ0n) is 16.5. The summed E-state index contributed by atoms with van der Waals surface area (Å²) in [6, 6.07) is 17.3. The second-order valence-corrected chi connectivity index (χ2v) is 9.20. The van der Waals surface area contributed by atoms with E-state index < -0.39 is 5.91 Å². The summed E-state index contributed by atoms with van der Waals surface area (Å²) in [5, 5.41) is 13.6. The van der Waals surface area contributed by atoms with E-state index in [-0.39, 0.29) is 5.57 Å². The number of halogens is 2. The monoisotopic (exact) mass is 469 g/mol. The Morgan fingerprint density at radius 2 is 2.06 bits per heavy atom. The van der Waals surface area contributed by atoms with E-state index in [1.807, 2.05) is 12.1 Å². The molecule has 3 aromatic rings. The minimum absolute atomic E-state index is 0.0475. The summed E-state index contributed by atoms with van der Waals surface area (Å²) in [7, 11) is 0. The molecule has 0 saturated heterocycles. The number of carbonyl (C=O) groups is 1. The van der Waals surface area contributed by atoms with Crippen LogP contribution in [0, 0.1) is 11.3 Å². The predicted octanol–water partition coefficient (Wildman–Crippen LogP) is 4.14. The van der Waals surface area contributed by atoms with Gasteiger partial charge in [-0.2, -0.15) is 5.26 Å². The third-order valence-corrected chi connectivity index (χ3v) is 6.62. The first kappa shape index (κ1) is 21.5. The lowest BCUT2D eigenvalue weighted by Gasteiger charge is -2.22. The van der Waals surface area contributed by atoms with Crippen molar-refractivity contribution < 1.29 is 9.69 Å². The van der Waals surface area contributed by atoms with Crippen LogP contribution < -0.4 is 10.2 Å². The maximum atomic E-state index is 12.6. The van der Waals surface area contributed by atoms with Gasteiger partial charge in [0.1, 0.15) is 24.7 Å². The molecule has 0 radical (unpaired) electrons. The van der Waals surface area contributed by atoms with Crippen molar-refractivity contribution in [1.82, 2.24) is 4.98 Å². The first-order chi connectivity index (χ1) is 15.0.